The van der Waals surface area contributed by atoms with Gasteiger partial charge in [0.25, 0.3) is 0 Å². The molecule has 1 aromatic rings. The van der Waals surface area contributed by atoms with Crippen LogP contribution in [0, 0.1) is 0 Å². The molecule has 0 radical (unpaired) electrons. The van der Waals surface area contributed by atoms with Crippen molar-refractivity contribution in [3.05, 3.63) is 18.2 Å². The number of aromatic hydroxyl groups is 1. The van der Waals surface area contributed by atoms with Gasteiger partial charge in [-0.1, -0.05) is 19.9 Å². The molecule has 0 amide bonds. The van der Waals surface area contributed by atoms with Crippen molar-refractivity contribution < 1.29 is 13.5 Å². The van der Waals surface area contributed by atoms with E-state index >= 15 is 0 Å². The third-order valence-electron chi connectivity index (χ3n) is 2.35. The number of hydrogen-bond acceptors (Lipinski definition) is 4. The Morgan fingerprint density at radius 2 is 1.88 bits per heavy atom. The number of hydrogen-bond donors (Lipinski definition) is 2. The molecular weight excluding hydrogens is 228 g/mol. The van der Waals surface area contributed by atoms with Crippen LogP contribution in [-0.2, 0) is 10.0 Å². The number of sulfonamides is 1. The average Bonchev–Trinajstić information content (AvgIpc) is 2.23. The standard InChI is InChI=1S/C10H16N2O3S/c1-3-12(4-2)16(14,15)9-7-5-6-8(11)10(9)13/h5-7,13H,3-4,11H2,1-2H3. The Labute approximate surface area is 95.5 Å². The van der Waals surface area contributed by atoms with E-state index in [2.05, 4.69) is 0 Å². The first-order valence-electron chi connectivity index (χ1n) is 5.02. The van der Waals surface area contributed by atoms with Crippen LogP contribution in [-0.4, -0.2) is 30.9 Å². The third kappa shape index (κ3) is 2.12. The summed E-state index contributed by atoms with van der Waals surface area (Å²) in [5.74, 6) is -0.380. The van der Waals surface area contributed by atoms with E-state index in [1.807, 2.05) is 0 Å². The number of phenols is 1. The van der Waals surface area contributed by atoms with E-state index in [9.17, 15) is 13.5 Å². The first-order valence-corrected chi connectivity index (χ1v) is 6.46. The second-order valence-electron chi connectivity index (χ2n) is 3.28. The third-order valence-corrected chi connectivity index (χ3v) is 4.43. The van der Waals surface area contributed by atoms with Gasteiger partial charge in [-0.25, -0.2) is 8.42 Å². The molecule has 90 valence electrons. The number of rotatable bonds is 4. The second kappa shape index (κ2) is 4.71. The fourth-order valence-corrected chi connectivity index (χ4v) is 3.02. The Kier molecular flexibility index (Phi) is 3.77. The van der Waals surface area contributed by atoms with Gasteiger partial charge >= 0.3 is 0 Å². The lowest BCUT2D eigenvalue weighted by Crippen LogP contribution is -2.30. The molecular formula is C10H16N2O3S. The summed E-state index contributed by atoms with van der Waals surface area (Å²) in [4.78, 5) is -0.142. The first kappa shape index (κ1) is 12.8. The van der Waals surface area contributed by atoms with Crippen LogP contribution in [0.3, 0.4) is 0 Å². The Morgan fingerprint density at radius 3 is 2.38 bits per heavy atom. The molecule has 0 atom stereocenters. The Balaban J connectivity index is 3.33. The number of anilines is 1. The summed E-state index contributed by atoms with van der Waals surface area (Å²) in [6.45, 7) is 4.19. The van der Waals surface area contributed by atoms with Crippen molar-refractivity contribution in [2.24, 2.45) is 0 Å². The van der Waals surface area contributed by atoms with Crippen LogP contribution in [0.2, 0.25) is 0 Å². The predicted molar refractivity (Wildman–Crippen MR) is 62.6 cm³/mol. The van der Waals surface area contributed by atoms with Gasteiger partial charge in [0.15, 0.2) is 5.75 Å². The van der Waals surface area contributed by atoms with Crippen molar-refractivity contribution in [1.82, 2.24) is 4.31 Å². The number of nitrogen functional groups attached to an aromatic ring is 1. The van der Waals surface area contributed by atoms with E-state index in [1.54, 1.807) is 13.8 Å². The molecule has 6 heteroatoms. The van der Waals surface area contributed by atoms with Gasteiger partial charge in [-0.15, -0.1) is 0 Å². The van der Waals surface area contributed by atoms with Gasteiger partial charge in [0.1, 0.15) is 4.90 Å². The maximum atomic E-state index is 12.1. The van der Waals surface area contributed by atoms with Crippen molar-refractivity contribution >= 4 is 15.7 Å². The van der Waals surface area contributed by atoms with Crippen LogP contribution in [0.15, 0.2) is 23.1 Å². The average molecular weight is 244 g/mol. The largest absolute Gasteiger partial charge is 0.504 e. The van der Waals surface area contributed by atoms with Gasteiger partial charge in [0, 0.05) is 13.1 Å². The van der Waals surface area contributed by atoms with Gasteiger partial charge in [0.2, 0.25) is 10.0 Å². The lowest BCUT2D eigenvalue weighted by Gasteiger charge is -2.19. The highest BCUT2D eigenvalue weighted by Crippen LogP contribution is 2.30. The van der Waals surface area contributed by atoms with Gasteiger partial charge in [-0.3, -0.25) is 0 Å². The molecule has 16 heavy (non-hydrogen) atoms. The molecule has 0 heterocycles. The van der Waals surface area contributed by atoms with E-state index < -0.39 is 10.0 Å². The number of phenolic OH excluding ortho intramolecular Hbond substituents is 1. The minimum atomic E-state index is -3.65. The van der Waals surface area contributed by atoms with E-state index in [0.717, 1.165) is 0 Å². The maximum absolute atomic E-state index is 12.1. The molecule has 0 fully saturated rings. The molecule has 0 spiro atoms. The molecule has 0 aromatic heterocycles. The molecule has 0 aliphatic carbocycles. The van der Waals surface area contributed by atoms with Crippen LogP contribution in [0.1, 0.15) is 13.8 Å². The molecule has 5 nitrogen and oxygen atoms in total. The quantitative estimate of drug-likeness (QED) is 0.611. The van der Waals surface area contributed by atoms with Gasteiger partial charge in [0.05, 0.1) is 5.69 Å². The molecule has 0 aliphatic rings. The maximum Gasteiger partial charge on any atom is 0.246 e. The van der Waals surface area contributed by atoms with E-state index in [1.165, 1.54) is 22.5 Å². The fraction of sp³-hybridized carbons (Fsp3) is 0.400. The van der Waals surface area contributed by atoms with Crippen LogP contribution in [0.4, 0.5) is 5.69 Å². The van der Waals surface area contributed by atoms with Crippen LogP contribution in [0.25, 0.3) is 0 Å². The summed E-state index contributed by atoms with van der Waals surface area (Å²) < 4.78 is 25.4. The number of nitrogens with zero attached hydrogens (tertiary/aromatic N) is 1. The van der Waals surface area contributed by atoms with Crippen LogP contribution in [0.5, 0.6) is 5.75 Å². The van der Waals surface area contributed by atoms with Crippen molar-refractivity contribution in [2.75, 3.05) is 18.8 Å². The SMILES string of the molecule is CCN(CC)S(=O)(=O)c1cccc(N)c1O. The lowest BCUT2D eigenvalue weighted by atomic mass is 10.3. The highest BCUT2D eigenvalue weighted by atomic mass is 32.2. The normalized spacial score (nSPS) is 11.9. The summed E-state index contributed by atoms with van der Waals surface area (Å²) in [6, 6.07) is 4.31. The Hall–Kier alpha value is -1.27. The van der Waals surface area contributed by atoms with Gasteiger partial charge in [-0.05, 0) is 12.1 Å². The van der Waals surface area contributed by atoms with E-state index in [4.69, 9.17) is 5.73 Å². The smallest absolute Gasteiger partial charge is 0.246 e. The summed E-state index contributed by atoms with van der Waals surface area (Å²) in [6.07, 6.45) is 0. The second-order valence-corrected chi connectivity index (χ2v) is 5.19. The van der Waals surface area contributed by atoms with Gasteiger partial charge in [-0.2, -0.15) is 4.31 Å². The number of benzene rings is 1. The zero-order valence-corrected chi connectivity index (χ0v) is 10.2. The zero-order chi connectivity index (χ0) is 12.3. The molecule has 0 unspecified atom stereocenters. The molecule has 1 rings (SSSR count). The molecule has 1 aromatic carbocycles. The van der Waals surface area contributed by atoms with E-state index in [0.29, 0.717) is 13.1 Å². The molecule has 0 bridgehead atoms. The Morgan fingerprint density at radius 1 is 1.31 bits per heavy atom. The van der Waals surface area contributed by atoms with Crippen molar-refractivity contribution in [3.8, 4) is 5.75 Å². The summed E-state index contributed by atoms with van der Waals surface area (Å²) in [5, 5.41) is 9.64. The van der Waals surface area contributed by atoms with E-state index in [-0.39, 0.29) is 16.3 Å². The van der Waals surface area contributed by atoms with Crippen molar-refractivity contribution in [3.63, 3.8) is 0 Å². The zero-order valence-electron chi connectivity index (χ0n) is 9.34. The van der Waals surface area contributed by atoms with Gasteiger partial charge < -0.3 is 10.8 Å². The number of para-hydroxylation sites is 1. The molecule has 0 saturated carbocycles. The minimum Gasteiger partial charge on any atom is -0.504 e. The molecule has 3 N–H and O–H groups in total. The lowest BCUT2D eigenvalue weighted by molar-refractivity contribution is 0.430. The molecule has 0 aliphatic heterocycles. The van der Waals surface area contributed by atoms with Crippen LogP contribution >= 0.6 is 0 Å². The summed E-state index contributed by atoms with van der Waals surface area (Å²) in [5.41, 5.74) is 5.53. The highest BCUT2D eigenvalue weighted by molar-refractivity contribution is 7.89. The monoisotopic (exact) mass is 244 g/mol. The fourth-order valence-electron chi connectivity index (χ4n) is 1.45. The predicted octanol–water partition coefficient (Wildman–Crippen LogP) is 1.00. The highest BCUT2D eigenvalue weighted by Gasteiger charge is 2.25. The summed E-state index contributed by atoms with van der Waals surface area (Å²) in [7, 11) is -3.65. The van der Waals surface area contributed by atoms with Crippen LogP contribution < -0.4 is 5.73 Å². The Bertz CT molecular complexity index is 467. The minimum absolute atomic E-state index is 0.0632. The summed E-state index contributed by atoms with van der Waals surface area (Å²) >= 11 is 0. The van der Waals surface area contributed by atoms with Crippen molar-refractivity contribution in [1.29, 1.82) is 0 Å². The first-order chi connectivity index (χ1) is 7.45. The van der Waals surface area contributed by atoms with Crippen molar-refractivity contribution in [2.45, 2.75) is 18.7 Å². The molecule has 0 saturated heterocycles. The topological polar surface area (TPSA) is 83.6 Å². The number of nitrogens with two attached hydrogens (primary N) is 1.